The molecule has 240 valence electrons. The van der Waals surface area contributed by atoms with E-state index in [1.165, 1.54) is 47.0 Å². The Kier molecular flexibility index (Phi) is 11.8. The van der Waals surface area contributed by atoms with Crippen molar-refractivity contribution in [1.29, 1.82) is 0 Å². The number of hydrogen-bond donors (Lipinski definition) is 3. The van der Waals surface area contributed by atoms with Crippen LogP contribution in [0.4, 0.5) is 0 Å². The van der Waals surface area contributed by atoms with Crippen LogP contribution < -0.4 is 0 Å². The highest BCUT2D eigenvalue weighted by molar-refractivity contribution is 8.05. The van der Waals surface area contributed by atoms with Crippen molar-refractivity contribution in [2.75, 3.05) is 13.2 Å². The molecule has 0 aliphatic carbocycles. The van der Waals surface area contributed by atoms with Crippen molar-refractivity contribution < 1.29 is 20.1 Å². The number of rotatable bonds is 12. The van der Waals surface area contributed by atoms with Crippen molar-refractivity contribution in [3.8, 4) is 0 Å². The normalized spacial score (nSPS) is 11.6. The number of carbonyl (C=O) groups is 1. The molecule has 0 saturated carbocycles. The van der Waals surface area contributed by atoms with Gasteiger partial charge in [-0.3, -0.25) is 0 Å². The highest BCUT2D eigenvalue weighted by atomic mass is 32.2. The second kappa shape index (κ2) is 16.0. The summed E-state index contributed by atoms with van der Waals surface area (Å²) in [6.45, 7) is 7.74. The van der Waals surface area contributed by atoms with E-state index in [1.54, 1.807) is 0 Å². The molecule has 0 saturated heterocycles. The Balaban J connectivity index is 1.90. The highest BCUT2D eigenvalue weighted by Crippen LogP contribution is 2.54. The lowest BCUT2D eigenvalue weighted by atomic mass is 10.1. The Morgan fingerprint density at radius 2 is 0.809 bits per heavy atom. The number of aryl methyl sites for hydroxylation is 4. The van der Waals surface area contributed by atoms with Crippen molar-refractivity contribution in [2.45, 2.75) is 66.9 Å². The predicted octanol–water partition coefficient (Wildman–Crippen LogP) is 10.5. The van der Waals surface area contributed by atoms with Gasteiger partial charge in [0.1, 0.15) is 0 Å². The molecule has 5 aromatic rings. The van der Waals surface area contributed by atoms with Crippen LogP contribution in [0.1, 0.15) is 38.2 Å². The SMILES string of the molecule is Cc1ccc(Sc2c(Sc3ccc(C)cc3)c(Sc3ccc(C)cc3)c(C(O)=NCCO)c(C(=O)O)c2Sc2ccc(C)cc2)cc1. The van der Waals surface area contributed by atoms with E-state index in [0.717, 1.165) is 51.6 Å². The van der Waals surface area contributed by atoms with Gasteiger partial charge in [0.05, 0.1) is 24.3 Å². The standard InChI is InChI=1S/C38H35NO4S4/c1-23-5-13-27(14-6-23)44-33-31(37(41)39-21-22-40)32(38(42)43)34(45-28-15-7-24(2)8-16-28)36(47-30-19-11-26(4)12-20-30)35(33)46-29-17-9-25(3)10-18-29/h5-20,40H,21-22H2,1-4H3,(H,39,41)(H,42,43). The lowest BCUT2D eigenvalue weighted by Gasteiger charge is -2.24. The first-order valence-electron chi connectivity index (χ1n) is 14.9. The molecule has 5 rings (SSSR count). The Labute approximate surface area is 293 Å². The molecule has 0 aliphatic heterocycles. The van der Waals surface area contributed by atoms with Crippen molar-refractivity contribution in [1.82, 2.24) is 0 Å². The molecule has 0 amide bonds. The average molecular weight is 698 g/mol. The molecule has 0 unspecified atom stereocenters. The summed E-state index contributed by atoms with van der Waals surface area (Å²) in [4.78, 5) is 24.0. The van der Waals surface area contributed by atoms with Crippen LogP contribution in [0.2, 0.25) is 0 Å². The number of nitrogens with zero attached hydrogens (tertiary/aromatic N) is 1. The number of benzene rings is 5. The quantitative estimate of drug-likeness (QED) is 0.0877. The van der Waals surface area contributed by atoms with Crippen LogP contribution in [0.25, 0.3) is 0 Å². The molecule has 5 aromatic carbocycles. The highest BCUT2D eigenvalue weighted by Gasteiger charge is 2.32. The second-order valence-electron chi connectivity index (χ2n) is 11.0. The largest absolute Gasteiger partial charge is 0.493 e. The Hall–Kier alpha value is -3.60. The zero-order valence-corrected chi connectivity index (χ0v) is 29.7. The van der Waals surface area contributed by atoms with Crippen molar-refractivity contribution >= 4 is 58.9 Å². The van der Waals surface area contributed by atoms with Crippen LogP contribution in [-0.4, -0.2) is 40.3 Å². The number of carboxylic acid groups (broad SMARTS) is 1. The maximum Gasteiger partial charge on any atom is 0.337 e. The zero-order valence-electron chi connectivity index (χ0n) is 26.5. The van der Waals surface area contributed by atoms with Gasteiger partial charge in [-0.2, -0.15) is 0 Å². The summed E-state index contributed by atoms with van der Waals surface area (Å²) in [7, 11) is 0. The maximum absolute atomic E-state index is 13.4. The molecule has 47 heavy (non-hydrogen) atoms. The van der Waals surface area contributed by atoms with Gasteiger partial charge in [-0.05, 0) is 76.2 Å². The molecule has 3 N–H and O–H groups in total. The van der Waals surface area contributed by atoms with Crippen LogP contribution >= 0.6 is 47.0 Å². The van der Waals surface area contributed by atoms with Gasteiger partial charge in [-0.1, -0.05) is 118 Å². The van der Waals surface area contributed by atoms with Gasteiger partial charge in [0, 0.05) is 39.2 Å². The number of aliphatic hydroxyl groups is 2. The van der Waals surface area contributed by atoms with Gasteiger partial charge in [0.2, 0.25) is 5.90 Å². The maximum atomic E-state index is 13.4. The fraction of sp³-hybridized carbons (Fsp3) is 0.158. The third-order valence-electron chi connectivity index (χ3n) is 7.09. The molecule has 0 bridgehead atoms. The van der Waals surface area contributed by atoms with Crippen LogP contribution in [-0.2, 0) is 0 Å². The number of aliphatic hydroxyl groups excluding tert-OH is 2. The van der Waals surface area contributed by atoms with E-state index in [4.69, 9.17) is 0 Å². The van der Waals surface area contributed by atoms with Gasteiger partial charge in [-0.25, -0.2) is 9.79 Å². The summed E-state index contributed by atoms with van der Waals surface area (Å²) in [5.41, 5.74) is 4.55. The number of hydrogen-bond acceptors (Lipinski definition) is 7. The van der Waals surface area contributed by atoms with Crippen LogP contribution in [0.3, 0.4) is 0 Å². The number of aromatic carboxylic acids is 1. The van der Waals surface area contributed by atoms with Crippen molar-refractivity contribution in [3.63, 3.8) is 0 Å². The van der Waals surface area contributed by atoms with Gasteiger partial charge in [-0.15, -0.1) is 0 Å². The van der Waals surface area contributed by atoms with Crippen molar-refractivity contribution in [2.24, 2.45) is 4.99 Å². The van der Waals surface area contributed by atoms with E-state index in [-0.39, 0.29) is 24.3 Å². The fourth-order valence-corrected chi connectivity index (χ4v) is 9.26. The molecule has 0 radical (unpaired) electrons. The van der Waals surface area contributed by atoms with Gasteiger partial charge >= 0.3 is 5.97 Å². The molecule has 0 fully saturated rings. The van der Waals surface area contributed by atoms with Crippen LogP contribution in [0.5, 0.6) is 0 Å². The predicted molar refractivity (Wildman–Crippen MR) is 196 cm³/mol. The van der Waals surface area contributed by atoms with Gasteiger partial charge < -0.3 is 15.3 Å². The summed E-state index contributed by atoms with van der Waals surface area (Å²) in [5, 5.41) is 32.1. The first kappa shape index (κ1) is 34.7. The first-order chi connectivity index (χ1) is 22.6. The molecular weight excluding hydrogens is 663 g/mol. The monoisotopic (exact) mass is 697 g/mol. The minimum absolute atomic E-state index is 0.0350. The summed E-state index contributed by atoms with van der Waals surface area (Å²) < 4.78 is 0. The lowest BCUT2D eigenvalue weighted by Crippen LogP contribution is -2.15. The topological polar surface area (TPSA) is 90.1 Å². The Morgan fingerprint density at radius 1 is 0.511 bits per heavy atom. The van der Waals surface area contributed by atoms with E-state index >= 15 is 0 Å². The van der Waals surface area contributed by atoms with E-state index in [0.29, 0.717) is 9.79 Å². The van der Waals surface area contributed by atoms with Crippen molar-refractivity contribution in [3.05, 3.63) is 130 Å². The van der Waals surface area contributed by atoms with Crippen LogP contribution in [0, 0.1) is 27.7 Å². The second-order valence-corrected chi connectivity index (χ2v) is 15.3. The summed E-state index contributed by atoms with van der Waals surface area (Å²) in [6.07, 6.45) is 0. The molecule has 0 aromatic heterocycles. The molecule has 0 atom stereocenters. The lowest BCUT2D eigenvalue weighted by molar-refractivity contribution is 0.0691. The molecule has 9 heteroatoms. The van der Waals surface area contributed by atoms with E-state index in [9.17, 15) is 20.1 Å². The van der Waals surface area contributed by atoms with E-state index < -0.39 is 11.9 Å². The van der Waals surface area contributed by atoms with E-state index in [2.05, 4.69) is 29.3 Å². The minimum Gasteiger partial charge on any atom is -0.493 e. The van der Waals surface area contributed by atoms with E-state index in [1.807, 2.05) is 100 Å². The summed E-state index contributed by atoms with van der Waals surface area (Å²) in [6, 6.07) is 32.4. The smallest absolute Gasteiger partial charge is 0.337 e. The Bertz CT molecular complexity index is 1890. The number of aliphatic imine (C=N–C) groups is 1. The summed E-state index contributed by atoms with van der Waals surface area (Å²) >= 11 is 5.80. The molecule has 0 spiro atoms. The third kappa shape index (κ3) is 8.86. The summed E-state index contributed by atoms with van der Waals surface area (Å²) in [5.74, 6) is -1.60. The first-order valence-corrected chi connectivity index (χ1v) is 18.2. The van der Waals surface area contributed by atoms with Gasteiger partial charge in [0.25, 0.3) is 0 Å². The zero-order chi connectivity index (χ0) is 33.5. The average Bonchev–Trinajstić information content (AvgIpc) is 3.05. The molecular formula is C38H35NO4S4. The van der Waals surface area contributed by atoms with Gasteiger partial charge in [0.15, 0.2) is 0 Å². The molecule has 0 aliphatic rings. The fourth-order valence-electron chi connectivity index (χ4n) is 4.59. The number of carboxylic acids is 1. The minimum atomic E-state index is -1.18. The third-order valence-corrected chi connectivity index (χ3v) is 12.0. The Morgan fingerprint density at radius 3 is 1.11 bits per heavy atom. The molecule has 0 heterocycles. The van der Waals surface area contributed by atoms with Crippen LogP contribution in [0.15, 0.2) is 141 Å². The molecule has 5 nitrogen and oxygen atoms in total.